The fraction of sp³-hybridized carbons (Fsp3) is 0.632. The highest BCUT2D eigenvalue weighted by Gasteiger charge is 2.49. The molecule has 0 amide bonds. The zero-order valence-electron chi connectivity index (χ0n) is 17.7. The van der Waals surface area contributed by atoms with Gasteiger partial charge < -0.3 is 4.74 Å². The number of rotatable bonds is 8. The minimum Gasteiger partial charge on any atom is -0.383 e. The van der Waals surface area contributed by atoms with Gasteiger partial charge in [-0.1, -0.05) is 26.0 Å². The molecule has 160 valence electrons. The van der Waals surface area contributed by atoms with Gasteiger partial charge >= 0.3 is 0 Å². The van der Waals surface area contributed by atoms with E-state index in [0.29, 0.717) is 49.3 Å². The van der Waals surface area contributed by atoms with Gasteiger partial charge in [0, 0.05) is 20.2 Å². The van der Waals surface area contributed by atoms with Crippen LogP contribution in [0.3, 0.4) is 0 Å². The molecule has 1 saturated heterocycles. The van der Waals surface area contributed by atoms with Gasteiger partial charge in [0.25, 0.3) is 0 Å². The van der Waals surface area contributed by atoms with Crippen LogP contribution in [-0.2, 0) is 26.8 Å². The summed E-state index contributed by atoms with van der Waals surface area (Å²) in [5.74, 6) is 1.01. The van der Waals surface area contributed by atoms with Crippen LogP contribution in [0.15, 0.2) is 29.2 Å². The number of sulfonamides is 1. The number of ether oxygens (including phenoxy) is 1. The lowest BCUT2D eigenvalue weighted by Crippen LogP contribution is -2.47. The van der Waals surface area contributed by atoms with Gasteiger partial charge in [-0.2, -0.15) is 4.31 Å². The fourth-order valence-electron chi connectivity index (χ4n) is 3.75. The van der Waals surface area contributed by atoms with Crippen molar-refractivity contribution in [2.24, 2.45) is 0 Å². The van der Waals surface area contributed by atoms with Gasteiger partial charge in [-0.05, 0) is 54.6 Å². The second-order valence-corrected chi connectivity index (χ2v) is 9.89. The summed E-state index contributed by atoms with van der Waals surface area (Å²) < 4.78 is 35.0. The lowest BCUT2D eigenvalue weighted by Gasteiger charge is -2.34. The van der Waals surface area contributed by atoms with Crippen molar-refractivity contribution in [2.45, 2.75) is 43.2 Å². The lowest BCUT2D eigenvalue weighted by atomic mass is 9.96. The SMILES string of the molecule is COCCn1nnnc1C1(N(C)C)CCN(S(=O)(=O)c2ccc(C(C)C)cc2)C1. The van der Waals surface area contributed by atoms with Crippen molar-refractivity contribution in [2.75, 3.05) is 40.9 Å². The number of hydrogen-bond acceptors (Lipinski definition) is 7. The quantitative estimate of drug-likeness (QED) is 0.633. The Kier molecular flexibility index (Phi) is 6.37. The van der Waals surface area contributed by atoms with E-state index in [1.807, 2.05) is 31.1 Å². The van der Waals surface area contributed by atoms with Crippen molar-refractivity contribution in [3.8, 4) is 0 Å². The molecular formula is C19H30N6O3S. The Labute approximate surface area is 172 Å². The lowest BCUT2D eigenvalue weighted by molar-refractivity contribution is 0.138. The van der Waals surface area contributed by atoms with Crippen molar-refractivity contribution in [3.05, 3.63) is 35.7 Å². The summed E-state index contributed by atoms with van der Waals surface area (Å²) in [5, 5.41) is 12.2. The van der Waals surface area contributed by atoms with Crippen molar-refractivity contribution in [1.29, 1.82) is 0 Å². The van der Waals surface area contributed by atoms with Gasteiger partial charge in [0.2, 0.25) is 10.0 Å². The van der Waals surface area contributed by atoms with Gasteiger partial charge in [0.1, 0.15) is 0 Å². The van der Waals surface area contributed by atoms with Gasteiger partial charge in [-0.15, -0.1) is 5.10 Å². The van der Waals surface area contributed by atoms with E-state index in [0.717, 1.165) is 5.56 Å². The maximum atomic E-state index is 13.3. The third kappa shape index (κ3) is 4.07. The maximum Gasteiger partial charge on any atom is 0.243 e. The largest absolute Gasteiger partial charge is 0.383 e. The van der Waals surface area contributed by atoms with Crippen LogP contribution in [0.5, 0.6) is 0 Å². The highest BCUT2D eigenvalue weighted by Crippen LogP contribution is 2.37. The first-order chi connectivity index (χ1) is 13.7. The Morgan fingerprint density at radius 2 is 1.93 bits per heavy atom. The van der Waals surface area contributed by atoms with E-state index in [2.05, 4.69) is 29.4 Å². The monoisotopic (exact) mass is 422 g/mol. The molecule has 1 aliphatic rings. The molecule has 0 spiro atoms. The number of nitrogens with zero attached hydrogens (tertiary/aromatic N) is 6. The Morgan fingerprint density at radius 1 is 1.24 bits per heavy atom. The molecule has 3 rings (SSSR count). The third-order valence-corrected chi connectivity index (χ3v) is 7.57. The summed E-state index contributed by atoms with van der Waals surface area (Å²) in [6.45, 7) is 5.86. The Hall–Kier alpha value is -1.88. The van der Waals surface area contributed by atoms with E-state index in [1.165, 1.54) is 4.31 Å². The summed E-state index contributed by atoms with van der Waals surface area (Å²) >= 11 is 0. The van der Waals surface area contributed by atoms with Crippen LogP contribution in [0.4, 0.5) is 0 Å². The van der Waals surface area contributed by atoms with Crippen molar-refractivity contribution in [3.63, 3.8) is 0 Å². The molecule has 1 unspecified atom stereocenters. The van der Waals surface area contributed by atoms with E-state index in [9.17, 15) is 8.42 Å². The minimum absolute atomic E-state index is 0.293. The first-order valence-corrected chi connectivity index (χ1v) is 11.2. The molecule has 0 radical (unpaired) electrons. The molecular weight excluding hydrogens is 392 g/mol. The standard InChI is InChI=1S/C19H30N6O3S/c1-15(2)16-6-8-17(9-7-16)29(26,27)24-11-10-19(14-24,23(3)4)18-20-21-22-25(18)12-13-28-5/h6-9,15H,10-14H2,1-5H3. The van der Waals surface area contributed by atoms with Crippen LogP contribution in [0, 0.1) is 0 Å². The molecule has 0 bridgehead atoms. The first kappa shape index (κ1) is 21.8. The predicted octanol–water partition coefficient (Wildman–Crippen LogP) is 1.29. The summed E-state index contributed by atoms with van der Waals surface area (Å²) in [6, 6.07) is 7.17. The topological polar surface area (TPSA) is 93.4 Å². The average molecular weight is 423 g/mol. The summed E-state index contributed by atoms with van der Waals surface area (Å²) in [5.41, 5.74) is 0.521. The molecule has 1 fully saturated rings. The van der Waals surface area contributed by atoms with Crippen molar-refractivity contribution in [1.82, 2.24) is 29.4 Å². The number of benzene rings is 1. The summed E-state index contributed by atoms with van der Waals surface area (Å²) in [7, 11) is 1.89. The second-order valence-electron chi connectivity index (χ2n) is 7.96. The maximum absolute atomic E-state index is 13.3. The zero-order valence-corrected chi connectivity index (χ0v) is 18.6. The van der Waals surface area contributed by atoms with Crippen LogP contribution in [0.25, 0.3) is 0 Å². The normalized spacial score (nSPS) is 20.8. The molecule has 0 N–H and O–H groups in total. The molecule has 0 saturated carbocycles. The number of hydrogen-bond donors (Lipinski definition) is 0. The number of tetrazole rings is 1. The highest BCUT2D eigenvalue weighted by atomic mass is 32.2. The van der Waals surface area contributed by atoms with Crippen LogP contribution in [-0.4, -0.2) is 78.7 Å². The number of methoxy groups -OCH3 is 1. The summed E-state index contributed by atoms with van der Waals surface area (Å²) in [4.78, 5) is 2.33. The van der Waals surface area contributed by atoms with Gasteiger partial charge in [0.15, 0.2) is 5.82 Å². The number of likely N-dealkylation sites (N-methyl/N-ethyl adjacent to an activating group) is 1. The average Bonchev–Trinajstić information content (AvgIpc) is 3.34. The number of aromatic nitrogens is 4. The first-order valence-electron chi connectivity index (χ1n) is 9.75. The van der Waals surface area contributed by atoms with Crippen LogP contribution in [0.1, 0.15) is 37.6 Å². The van der Waals surface area contributed by atoms with E-state index >= 15 is 0 Å². The van der Waals surface area contributed by atoms with Crippen LogP contribution >= 0.6 is 0 Å². The Balaban J connectivity index is 1.90. The highest BCUT2D eigenvalue weighted by molar-refractivity contribution is 7.89. The molecule has 1 atom stereocenters. The fourth-order valence-corrected chi connectivity index (χ4v) is 5.25. The van der Waals surface area contributed by atoms with Crippen LogP contribution in [0.2, 0.25) is 0 Å². The smallest absolute Gasteiger partial charge is 0.243 e. The molecule has 1 aliphatic heterocycles. The van der Waals surface area contributed by atoms with E-state index in [4.69, 9.17) is 4.74 Å². The molecule has 0 aliphatic carbocycles. The zero-order chi connectivity index (χ0) is 21.2. The predicted molar refractivity (Wildman–Crippen MR) is 109 cm³/mol. The molecule has 9 nitrogen and oxygen atoms in total. The second kappa shape index (κ2) is 8.47. The summed E-state index contributed by atoms with van der Waals surface area (Å²) in [6.07, 6.45) is 0.608. The van der Waals surface area contributed by atoms with E-state index in [-0.39, 0.29) is 0 Å². The van der Waals surface area contributed by atoms with Crippen molar-refractivity contribution < 1.29 is 13.2 Å². The van der Waals surface area contributed by atoms with Crippen molar-refractivity contribution >= 4 is 10.0 Å². The van der Waals surface area contributed by atoms with Gasteiger partial charge in [-0.3, -0.25) is 4.90 Å². The molecule has 2 heterocycles. The third-order valence-electron chi connectivity index (χ3n) is 5.71. The Bertz CT molecular complexity index is 926. The van der Waals surface area contributed by atoms with E-state index in [1.54, 1.807) is 23.9 Å². The van der Waals surface area contributed by atoms with Gasteiger partial charge in [0.05, 0.1) is 23.6 Å². The van der Waals surface area contributed by atoms with E-state index < -0.39 is 15.6 Å². The van der Waals surface area contributed by atoms with Gasteiger partial charge in [-0.25, -0.2) is 13.1 Å². The molecule has 10 heteroatoms. The molecule has 29 heavy (non-hydrogen) atoms. The molecule has 1 aromatic carbocycles. The minimum atomic E-state index is -3.60. The molecule has 2 aromatic rings. The Morgan fingerprint density at radius 3 is 2.52 bits per heavy atom. The molecule has 1 aromatic heterocycles. The van der Waals surface area contributed by atoms with Crippen LogP contribution < -0.4 is 0 Å².